The molecule has 0 aliphatic heterocycles. The van der Waals surface area contributed by atoms with Gasteiger partial charge in [0.25, 0.3) is 0 Å². The number of hydrogen-bond donors (Lipinski definition) is 2. The number of anilines is 2. The molecule has 0 saturated carbocycles. The van der Waals surface area contributed by atoms with Gasteiger partial charge < -0.3 is 10.6 Å². The number of thioether (sulfide) groups is 1. The number of amides is 1. The first-order valence-electron chi connectivity index (χ1n) is 7.66. The predicted octanol–water partition coefficient (Wildman–Crippen LogP) is 3.99. The van der Waals surface area contributed by atoms with Crippen LogP contribution < -0.4 is 10.6 Å². The van der Waals surface area contributed by atoms with Crippen LogP contribution >= 0.6 is 23.1 Å². The summed E-state index contributed by atoms with van der Waals surface area (Å²) in [4.78, 5) is 11.9. The average molecular weight is 351 g/mol. The number of rotatable bonds is 8. The molecular formula is C16H22N4OS2. The SMILES string of the molecule is CCC[C@H](C)NC(=O)CSc1nnc(Nc2ccccc2C)s1. The van der Waals surface area contributed by atoms with Gasteiger partial charge in [-0.1, -0.05) is 54.6 Å². The largest absolute Gasteiger partial charge is 0.353 e. The summed E-state index contributed by atoms with van der Waals surface area (Å²) in [5, 5.41) is 15.2. The van der Waals surface area contributed by atoms with E-state index < -0.39 is 0 Å². The van der Waals surface area contributed by atoms with E-state index in [2.05, 4.69) is 27.8 Å². The first-order valence-corrected chi connectivity index (χ1v) is 9.47. The number of carbonyl (C=O) groups excluding carboxylic acids is 1. The lowest BCUT2D eigenvalue weighted by molar-refractivity contribution is -0.119. The van der Waals surface area contributed by atoms with Gasteiger partial charge in [0.1, 0.15) is 0 Å². The fourth-order valence-corrected chi connectivity index (χ4v) is 3.67. The standard InChI is InChI=1S/C16H22N4OS2/c1-4-7-12(3)17-14(21)10-22-16-20-19-15(23-16)18-13-9-6-5-8-11(13)2/h5-6,8-9,12H,4,7,10H2,1-3H3,(H,17,21)(H,18,19)/t12-/m0/s1. The first-order chi connectivity index (χ1) is 11.1. The summed E-state index contributed by atoms with van der Waals surface area (Å²) in [5.41, 5.74) is 2.17. The zero-order valence-electron chi connectivity index (χ0n) is 13.6. The van der Waals surface area contributed by atoms with E-state index in [4.69, 9.17) is 0 Å². The quantitative estimate of drug-likeness (QED) is 0.705. The van der Waals surface area contributed by atoms with Gasteiger partial charge in [0, 0.05) is 11.7 Å². The predicted molar refractivity (Wildman–Crippen MR) is 97.6 cm³/mol. The van der Waals surface area contributed by atoms with Crippen molar-refractivity contribution in [1.82, 2.24) is 15.5 Å². The number of aromatic nitrogens is 2. The van der Waals surface area contributed by atoms with Crippen molar-refractivity contribution < 1.29 is 4.79 Å². The van der Waals surface area contributed by atoms with Crippen LogP contribution in [-0.2, 0) is 4.79 Å². The molecule has 1 aromatic heterocycles. The minimum absolute atomic E-state index is 0.0413. The summed E-state index contributed by atoms with van der Waals surface area (Å²) in [6, 6.07) is 8.25. The molecule has 1 heterocycles. The Morgan fingerprint density at radius 2 is 2.13 bits per heavy atom. The zero-order valence-corrected chi connectivity index (χ0v) is 15.3. The molecular weight excluding hydrogens is 328 g/mol. The van der Waals surface area contributed by atoms with E-state index in [9.17, 15) is 4.79 Å². The van der Waals surface area contributed by atoms with Crippen LogP contribution in [0.2, 0.25) is 0 Å². The Morgan fingerprint density at radius 1 is 1.35 bits per heavy atom. The van der Waals surface area contributed by atoms with Crippen LogP contribution in [0.15, 0.2) is 28.6 Å². The lowest BCUT2D eigenvalue weighted by atomic mass is 10.2. The number of para-hydroxylation sites is 1. The second-order valence-corrected chi connectivity index (χ2v) is 7.56. The molecule has 0 aliphatic carbocycles. The van der Waals surface area contributed by atoms with E-state index in [0.29, 0.717) is 5.75 Å². The van der Waals surface area contributed by atoms with Crippen molar-refractivity contribution in [3.8, 4) is 0 Å². The molecule has 7 heteroatoms. The van der Waals surface area contributed by atoms with Crippen molar-refractivity contribution in [2.75, 3.05) is 11.1 Å². The van der Waals surface area contributed by atoms with Crippen molar-refractivity contribution in [1.29, 1.82) is 0 Å². The lowest BCUT2D eigenvalue weighted by Crippen LogP contribution is -2.33. The highest BCUT2D eigenvalue weighted by atomic mass is 32.2. The third kappa shape index (κ3) is 5.84. The highest BCUT2D eigenvalue weighted by Crippen LogP contribution is 2.28. The third-order valence-corrected chi connectivity index (χ3v) is 5.22. The number of hydrogen-bond acceptors (Lipinski definition) is 6. The van der Waals surface area contributed by atoms with Gasteiger partial charge in [-0.05, 0) is 31.9 Å². The first kappa shape index (κ1) is 17.7. The van der Waals surface area contributed by atoms with E-state index >= 15 is 0 Å². The molecule has 1 atom stereocenters. The van der Waals surface area contributed by atoms with Gasteiger partial charge >= 0.3 is 0 Å². The summed E-state index contributed by atoms with van der Waals surface area (Å²) >= 11 is 2.87. The zero-order chi connectivity index (χ0) is 16.7. The third-order valence-electron chi connectivity index (χ3n) is 3.25. The molecule has 23 heavy (non-hydrogen) atoms. The molecule has 2 aromatic rings. The smallest absolute Gasteiger partial charge is 0.230 e. The molecule has 1 aromatic carbocycles. The summed E-state index contributed by atoms with van der Waals surface area (Å²) < 4.78 is 0.791. The molecule has 0 spiro atoms. The van der Waals surface area contributed by atoms with Crippen LogP contribution in [0.3, 0.4) is 0 Å². The van der Waals surface area contributed by atoms with Gasteiger partial charge in [-0.15, -0.1) is 10.2 Å². The minimum Gasteiger partial charge on any atom is -0.353 e. The monoisotopic (exact) mass is 350 g/mol. The Bertz CT molecular complexity index is 645. The number of aryl methyl sites for hydroxylation is 1. The van der Waals surface area contributed by atoms with E-state index in [0.717, 1.165) is 33.6 Å². The van der Waals surface area contributed by atoms with Gasteiger partial charge in [-0.2, -0.15) is 0 Å². The maximum Gasteiger partial charge on any atom is 0.230 e. The molecule has 2 N–H and O–H groups in total. The van der Waals surface area contributed by atoms with E-state index in [1.807, 2.05) is 38.1 Å². The van der Waals surface area contributed by atoms with Crippen LogP contribution in [-0.4, -0.2) is 27.9 Å². The van der Waals surface area contributed by atoms with Crippen molar-refractivity contribution in [2.45, 2.75) is 44.0 Å². The number of nitrogens with zero attached hydrogens (tertiary/aromatic N) is 2. The molecule has 2 rings (SSSR count). The van der Waals surface area contributed by atoms with Crippen molar-refractivity contribution >= 4 is 39.8 Å². The number of benzene rings is 1. The molecule has 124 valence electrons. The molecule has 0 fully saturated rings. The molecule has 0 unspecified atom stereocenters. The molecule has 0 saturated heterocycles. The fraction of sp³-hybridized carbons (Fsp3) is 0.438. The maximum atomic E-state index is 11.9. The molecule has 1 amide bonds. The summed E-state index contributed by atoms with van der Waals surface area (Å²) in [5.74, 6) is 0.409. The van der Waals surface area contributed by atoms with Crippen LogP contribution in [0.1, 0.15) is 32.3 Å². The average Bonchev–Trinajstić information content (AvgIpc) is 2.95. The van der Waals surface area contributed by atoms with Gasteiger partial charge in [0.15, 0.2) is 4.34 Å². The van der Waals surface area contributed by atoms with Gasteiger partial charge in [0.05, 0.1) is 5.75 Å². The van der Waals surface area contributed by atoms with Gasteiger partial charge in [-0.3, -0.25) is 4.79 Å². The number of nitrogens with one attached hydrogen (secondary N) is 2. The Balaban J connectivity index is 1.83. The normalized spacial score (nSPS) is 12.0. The molecule has 0 aliphatic rings. The molecule has 0 radical (unpaired) electrons. The van der Waals surface area contributed by atoms with E-state index in [1.165, 1.54) is 23.1 Å². The van der Waals surface area contributed by atoms with E-state index in [1.54, 1.807) is 0 Å². The Labute approximate surface area is 145 Å². The van der Waals surface area contributed by atoms with Crippen molar-refractivity contribution in [3.05, 3.63) is 29.8 Å². The Morgan fingerprint density at radius 3 is 2.87 bits per heavy atom. The van der Waals surface area contributed by atoms with Crippen LogP contribution in [0.4, 0.5) is 10.8 Å². The van der Waals surface area contributed by atoms with E-state index in [-0.39, 0.29) is 11.9 Å². The van der Waals surface area contributed by atoms with Gasteiger partial charge in [-0.25, -0.2) is 0 Å². The highest BCUT2D eigenvalue weighted by Gasteiger charge is 2.10. The van der Waals surface area contributed by atoms with Crippen molar-refractivity contribution in [2.24, 2.45) is 0 Å². The summed E-state index contributed by atoms with van der Waals surface area (Å²) in [7, 11) is 0. The Kier molecular flexibility index (Phi) is 6.85. The van der Waals surface area contributed by atoms with Crippen LogP contribution in [0.25, 0.3) is 0 Å². The number of carbonyl (C=O) groups is 1. The second-order valence-electron chi connectivity index (χ2n) is 5.36. The minimum atomic E-state index is 0.0413. The van der Waals surface area contributed by atoms with Gasteiger partial charge in [0.2, 0.25) is 11.0 Å². The maximum absolute atomic E-state index is 11.9. The van der Waals surface area contributed by atoms with Crippen LogP contribution in [0.5, 0.6) is 0 Å². The van der Waals surface area contributed by atoms with Crippen molar-refractivity contribution in [3.63, 3.8) is 0 Å². The molecule has 5 nitrogen and oxygen atoms in total. The summed E-state index contributed by atoms with van der Waals surface area (Å²) in [6.07, 6.45) is 2.07. The summed E-state index contributed by atoms with van der Waals surface area (Å²) in [6.45, 7) is 6.18. The lowest BCUT2D eigenvalue weighted by Gasteiger charge is -2.11. The Hall–Kier alpha value is -1.60. The molecule has 0 bridgehead atoms. The van der Waals surface area contributed by atoms with Crippen LogP contribution in [0, 0.1) is 6.92 Å². The second kappa shape index (κ2) is 8.88. The topological polar surface area (TPSA) is 66.9 Å². The highest BCUT2D eigenvalue weighted by molar-refractivity contribution is 8.01. The fourth-order valence-electron chi connectivity index (χ4n) is 2.10.